The van der Waals surface area contributed by atoms with Crippen molar-refractivity contribution in [2.45, 2.75) is 0 Å². The Hall–Kier alpha value is -0.778. The summed E-state index contributed by atoms with van der Waals surface area (Å²) in [6.45, 7) is 3.52. The molecule has 1 N–H and O–H groups in total. The fourth-order valence-corrected chi connectivity index (χ4v) is 0.666. The van der Waals surface area contributed by atoms with Gasteiger partial charge in [0.2, 0.25) is 0 Å². The molecule has 0 aromatic heterocycles. The summed E-state index contributed by atoms with van der Waals surface area (Å²) in [4.78, 5) is 10.2. The van der Waals surface area contributed by atoms with Crippen LogP contribution in [0.3, 0.4) is 0 Å². The molecule has 3 heteroatoms. The van der Waals surface area contributed by atoms with Crippen molar-refractivity contribution < 1.29 is 27.3 Å². The molecule has 0 saturated heterocycles. The smallest absolute Gasteiger partial charge is 0.336 e. The SMILES string of the molecule is C=C1C=CC=C1C(=O)O.[Cr]. The second-order valence-corrected chi connectivity index (χ2v) is 1.77. The van der Waals surface area contributed by atoms with Crippen LogP contribution >= 0.6 is 0 Å². The van der Waals surface area contributed by atoms with E-state index in [0.29, 0.717) is 5.57 Å². The predicted molar refractivity (Wildman–Crippen MR) is 34.0 cm³/mol. The molecule has 2 nitrogen and oxygen atoms in total. The average molecular weight is 174 g/mol. The van der Waals surface area contributed by atoms with Gasteiger partial charge in [-0.2, -0.15) is 0 Å². The normalized spacial score (nSPS) is 14.4. The molecular weight excluding hydrogens is 168 g/mol. The second-order valence-electron chi connectivity index (χ2n) is 1.77. The summed E-state index contributed by atoms with van der Waals surface area (Å²) in [5.74, 6) is -0.912. The fraction of sp³-hybridized carbons (Fsp3) is 0. The van der Waals surface area contributed by atoms with Gasteiger partial charge in [0.1, 0.15) is 0 Å². The Morgan fingerprint density at radius 3 is 2.40 bits per heavy atom. The third kappa shape index (κ3) is 1.60. The summed E-state index contributed by atoms with van der Waals surface area (Å²) in [5, 5.41) is 8.41. The van der Waals surface area contributed by atoms with Crippen LogP contribution in [0.1, 0.15) is 0 Å². The number of aliphatic carboxylic acids is 1. The average Bonchev–Trinajstić information content (AvgIpc) is 2.13. The number of carboxylic acids is 1. The van der Waals surface area contributed by atoms with Gasteiger partial charge in [-0.1, -0.05) is 18.7 Å². The Labute approximate surface area is 69.7 Å². The molecule has 1 aliphatic rings. The van der Waals surface area contributed by atoms with Gasteiger partial charge in [-0.3, -0.25) is 0 Å². The Kier molecular flexibility index (Phi) is 3.14. The van der Waals surface area contributed by atoms with Crippen molar-refractivity contribution in [2.75, 3.05) is 0 Å². The van der Waals surface area contributed by atoms with E-state index < -0.39 is 5.97 Å². The van der Waals surface area contributed by atoms with Crippen LogP contribution in [0, 0.1) is 0 Å². The van der Waals surface area contributed by atoms with Gasteiger partial charge in [0.05, 0.1) is 5.57 Å². The quantitative estimate of drug-likeness (QED) is 0.646. The van der Waals surface area contributed by atoms with Gasteiger partial charge >= 0.3 is 5.97 Å². The molecule has 0 amide bonds. The van der Waals surface area contributed by atoms with Gasteiger partial charge in [-0.15, -0.1) is 0 Å². The van der Waals surface area contributed by atoms with E-state index in [1.54, 1.807) is 12.2 Å². The van der Waals surface area contributed by atoms with Gasteiger partial charge in [0, 0.05) is 17.4 Å². The van der Waals surface area contributed by atoms with Crippen LogP contribution in [0.4, 0.5) is 0 Å². The molecule has 1 rings (SSSR count). The maximum atomic E-state index is 10.2. The molecule has 0 aromatic rings. The maximum Gasteiger partial charge on any atom is 0.336 e. The molecule has 0 spiro atoms. The molecule has 0 bridgehead atoms. The van der Waals surface area contributed by atoms with E-state index in [1.807, 2.05) is 0 Å². The Morgan fingerprint density at radius 2 is 2.20 bits per heavy atom. The summed E-state index contributed by atoms with van der Waals surface area (Å²) >= 11 is 0. The molecule has 0 aliphatic heterocycles. The van der Waals surface area contributed by atoms with Crippen LogP contribution in [-0.4, -0.2) is 11.1 Å². The molecule has 1 aliphatic carbocycles. The Bertz CT molecular complexity index is 226. The molecule has 0 radical (unpaired) electrons. The molecule has 10 heavy (non-hydrogen) atoms. The number of hydrogen-bond acceptors (Lipinski definition) is 1. The summed E-state index contributed by atoms with van der Waals surface area (Å²) < 4.78 is 0. The minimum Gasteiger partial charge on any atom is -0.478 e. The van der Waals surface area contributed by atoms with E-state index in [1.165, 1.54) is 6.08 Å². The number of rotatable bonds is 1. The van der Waals surface area contributed by atoms with Crippen molar-refractivity contribution >= 4 is 5.97 Å². The first kappa shape index (κ1) is 9.22. The van der Waals surface area contributed by atoms with Gasteiger partial charge in [-0.25, -0.2) is 4.79 Å². The largest absolute Gasteiger partial charge is 0.478 e. The number of carbonyl (C=O) groups is 1. The molecule has 0 saturated carbocycles. The zero-order chi connectivity index (χ0) is 6.85. The summed E-state index contributed by atoms with van der Waals surface area (Å²) in [6, 6.07) is 0. The van der Waals surface area contributed by atoms with Crippen molar-refractivity contribution in [3.63, 3.8) is 0 Å². The summed E-state index contributed by atoms with van der Waals surface area (Å²) in [6.07, 6.45) is 4.87. The summed E-state index contributed by atoms with van der Waals surface area (Å²) in [5.41, 5.74) is 0.859. The maximum absolute atomic E-state index is 10.2. The van der Waals surface area contributed by atoms with Crippen LogP contribution in [0.2, 0.25) is 0 Å². The van der Waals surface area contributed by atoms with Crippen molar-refractivity contribution in [2.24, 2.45) is 0 Å². The molecular formula is C7H6CrO2. The van der Waals surface area contributed by atoms with E-state index in [0.717, 1.165) is 0 Å². The molecule has 0 unspecified atom stereocenters. The minimum atomic E-state index is -0.912. The van der Waals surface area contributed by atoms with E-state index in [2.05, 4.69) is 6.58 Å². The van der Waals surface area contributed by atoms with E-state index in [9.17, 15) is 4.79 Å². The van der Waals surface area contributed by atoms with Gasteiger partial charge in [-0.05, 0) is 11.6 Å². The first-order valence-corrected chi connectivity index (χ1v) is 2.53. The Morgan fingerprint density at radius 1 is 1.60 bits per heavy atom. The van der Waals surface area contributed by atoms with E-state index in [-0.39, 0.29) is 22.9 Å². The van der Waals surface area contributed by atoms with Crippen LogP contribution in [0.5, 0.6) is 0 Å². The van der Waals surface area contributed by atoms with Crippen molar-refractivity contribution in [3.8, 4) is 0 Å². The third-order valence-corrected chi connectivity index (χ3v) is 1.14. The third-order valence-electron chi connectivity index (χ3n) is 1.14. The monoisotopic (exact) mass is 174 g/mol. The van der Waals surface area contributed by atoms with Gasteiger partial charge < -0.3 is 5.11 Å². The first-order chi connectivity index (χ1) is 4.22. The molecule has 52 valence electrons. The minimum absolute atomic E-state index is 0. The standard InChI is InChI=1S/C7H6O2.Cr/c1-5-3-2-4-6(5)7(8)9;/h2-4H,1H2,(H,8,9);. The van der Waals surface area contributed by atoms with Crippen molar-refractivity contribution in [1.82, 2.24) is 0 Å². The van der Waals surface area contributed by atoms with Gasteiger partial charge in [0.15, 0.2) is 0 Å². The van der Waals surface area contributed by atoms with Crippen LogP contribution in [0.25, 0.3) is 0 Å². The molecule has 0 aromatic carbocycles. The van der Waals surface area contributed by atoms with Crippen LogP contribution in [0.15, 0.2) is 36.0 Å². The fourth-order valence-electron chi connectivity index (χ4n) is 0.666. The van der Waals surface area contributed by atoms with E-state index in [4.69, 9.17) is 5.11 Å². The summed E-state index contributed by atoms with van der Waals surface area (Å²) in [7, 11) is 0. The van der Waals surface area contributed by atoms with E-state index >= 15 is 0 Å². The van der Waals surface area contributed by atoms with Crippen LogP contribution < -0.4 is 0 Å². The molecule has 0 fully saturated rings. The molecule has 0 atom stereocenters. The van der Waals surface area contributed by atoms with Crippen molar-refractivity contribution in [1.29, 1.82) is 0 Å². The Balaban J connectivity index is 0.000000810. The number of carboxylic acid groups (broad SMARTS) is 1. The van der Waals surface area contributed by atoms with Gasteiger partial charge in [0.25, 0.3) is 0 Å². The number of hydrogen-bond donors (Lipinski definition) is 1. The zero-order valence-electron chi connectivity index (χ0n) is 5.20. The predicted octanol–water partition coefficient (Wildman–Crippen LogP) is 1.12. The number of allylic oxidation sites excluding steroid dienone is 3. The second kappa shape index (κ2) is 3.41. The topological polar surface area (TPSA) is 37.3 Å². The molecule has 0 heterocycles. The van der Waals surface area contributed by atoms with Crippen molar-refractivity contribution in [3.05, 3.63) is 36.0 Å². The first-order valence-electron chi connectivity index (χ1n) is 2.53. The van der Waals surface area contributed by atoms with Crippen LogP contribution in [-0.2, 0) is 22.2 Å². The zero-order valence-corrected chi connectivity index (χ0v) is 6.48.